The molecule has 0 spiro atoms. The highest BCUT2D eigenvalue weighted by Crippen LogP contribution is 2.32. The highest BCUT2D eigenvalue weighted by atomic mass is 32.2. The molecule has 0 bridgehead atoms. The summed E-state index contributed by atoms with van der Waals surface area (Å²) in [6.07, 6.45) is 8.65. The van der Waals surface area contributed by atoms with Crippen molar-refractivity contribution in [2.45, 2.75) is 57.9 Å². The third-order valence-corrected chi connectivity index (χ3v) is 7.27. The maximum Gasteiger partial charge on any atom is 0.150 e. The van der Waals surface area contributed by atoms with E-state index in [-0.39, 0.29) is 17.0 Å². The standard InChI is InChI=1S/C20H30N2O2S/c1-3-9-20(10-5-11-22-20)14-17-15-21-19-7-6-16(13-18(17)19)8-12-25(23,24)4-2/h6-7,13,15,21-22H,3-5,8-12,14H2,1-2H3. The first-order valence-corrected chi connectivity index (χ1v) is 11.3. The molecule has 2 heterocycles. The van der Waals surface area contributed by atoms with E-state index >= 15 is 0 Å². The molecule has 138 valence electrons. The van der Waals surface area contributed by atoms with Crippen LogP contribution in [0, 0.1) is 0 Å². The van der Waals surface area contributed by atoms with E-state index in [4.69, 9.17) is 0 Å². The number of aromatic amines is 1. The van der Waals surface area contributed by atoms with Gasteiger partial charge in [-0.25, -0.2) is 8.42 Å². The number of aromatic nitrogens is 1. The summed E-state index contributed by atoms with van der Waals surface area (Å²) in [5.74, 6) is 0.450. The highest BCUT2D eigenvalue weighted by molar-refractivity contribution is 7.91. The Morgan fingerprint density at radius 1 is 1.24 bits per heavy atom. The second-order valence-electron chi connectivity index (χ2n) is 7.42. The van der Waals surface area contributed by atoms with Crippen molar-refractivity contribution in [1.82, 2.24) is 10.3 Å². The van der Waals surface area contributed by atoms with Crippen molar-refractivity contribution in [2.24, 2.45) is 0 Å². The fraction of sp³-hybridized carbons (Fsp3) is 0.600. The topological polar surface area (TPSA) is 62.0 Å². The Labute approximate surface area is 151 Å². The Bertz CT molecular complexity index is 817. The van der Waals surface area contributed by atoms with Gasteiger partial charge in [-0.1, -0.05) is 26.3 Å². The molecular formula is C20H30N2O2S. The Balaban J connectivity index is 1.83. The van der Waals surface area contributed by atoms with Gasteiger partial charge < -0.3 is 10.3 Å². The van der Waals surface area contributed by atoms with E-state index < -0.39 is 9.84 Å². The molecule has 1 aromatic carbocycles. The van der Waals surface area contributed by atoms with Crippen molar-refractivity contribution in [2.75, 3.05) is 18.1 Å². The minimum absolute atomic E-state index is 0.218. The van der Waals surface area contributed by atoms with Crippen LogP contribution in [-0.4, -0.2) is 37.0 Å². The summed E-state index contributed by atoms with van der Waals surface area (Å²) in [6.45, 7) is 5.08. The summed E-state index contributed by atoms with van der Waals surface area (Å²) in [4.78, 5) is 3.39. The predicted octanol–water partition coefficient (Wildman–Crippen LogP) is 3.61. The lowest BCUT2D eigenvalue weighted by Crippen LogP contribution is -2.41. The largest absolute Gasteiger partial charge is 0.361 e. The molecule has 1 fully saturated rings. The Morgan fingerprint density at radius 3 is 2.76 bits per heavy atom. The van der Waals surface area contributed by atoms with Crippen molar-refractivity contribution in [3.8, 4) is 0 Å². The molecule has 3 rings (SSSR count). The van der Waals surface area contributed by atoms with Crippen LogP contribution in [0.2, 0.25) is 0 Å². The van der Waals surface area contributed by atoms with Gasteiger partial charge in [-0.05, 0) is 61.9 Å². The number of hydrogen-bond acceptors (Lipinski definition) is 3. The maximum absolute atomic E-state index is 11.8. The fourth-order valence-electron chi connectivity index (χ4n) is 4.11. The van der Waals surface area contributed by atoms with Crippen LogP contribution in [0.4, 0.5) is 0 Å². The van der Waals surface area contributed by atoms with Gasteiger partial charge in [0.25, 0.3) is 0 Å². The maximum atomic E-state index is 11.8. The second kappa shape index (κ2) is 7.50. The molecule has 1 aliphatic rings. The fourth-order valence-corrected chi connectivity index (χ4v) is 4.94. The number of rotatable bonds is 8. The van der Waals surface area contributed by atoms with E-state index in [9.17, 15) is 8.42 Å². The molecule has 1 saturated heterocycles. The van der Waals surface area contributed by atoms with Gasteiger partial charge in [0.2, 0.25) is 0 Å². The molecular weight excluding hydrogens is 332 g/mol. The lowest BCUT2D eigenvalue weighted by atomic mass is 9.85. The molecule has 0 aliphatic carbocycles. The average molecular weight is 363 g/mol. The molecule has 0 radical (unpaired) electrons. The van der Waals surface area contributed by atoms with E-state index in [0.29, 0.717) is 6.42 Å². The first-order chi connectivity index (χ1) is 12.0. The number of sulfone groups is 1. The molecule has 4 nitrogen and oxygen atoms in total. The molecule has 0 saturated carbocycles. The summed E-state index contributed by atoms with van der Waals surface area (Å²) in [7, 11) is -2.92. The summed E-state index contributed by atoms with van der Waals surface area (Å²) in [5.41, 5.74) is 3.82. The Kier molecular flexibility index (Phi) is 5.54. The van der Waals surface area contributed by atoms with Gasteiger partial charge in [0.05, 0.1) is 5.75 Å². The number of nitrogens with one attached hydrogen (secondary N) is 2. The summed E-state index contributed by atoms with van der Waals surface area (Å²) in [6, 6.07) is 6.31. The zero-order chi connectivity index (χ0) is 17.9. The average Bonchev–Trinajstić information content (AvgIpc) is 3.21. The van der Waals surface area contributed by atoms with Crippen molar-refractivity contribution < 1.29 is 8.42 Å². The van der Waals surface area contributed by atoms with Crippen LogP contribution in [0.5, 0.6) is 0 Å². The Morgan fingerprint density at radius 2 is 2.08 bits per heavy atom. The smallest absolute Gasteiger partial charge is 0.150 e. The van der Waals surface area contributed by atoms with Crippen LogP contribution in [0.3, 0.4) is 0 Å². The van der Waals surface area contributed by atoms with E-state index in [1.54, 1.807) is 6.92 Å². The SMILES string of the molecule is CCCC1(Cc2c[nH]c3ccc(CCS(=O)(=O)CC)cc23)CCCN1. The molecule has 2 aromatic rings. The zero-order valence-corrected chi connectivity index (χ0v) is 16.2. The van der Waals surface area contributed by atoms with Gasteiger partial charge in [0, 0.05) is 28.4 Å². The zero-order valence-electron chi connectivity index (χ0n) is 15.4. The third-order valence-electron chi connectivity index (χ3n) is 5.56. The normalized spacial score (nSPS) is 21.2. The summed E-state index contributed by atoms with van der Waals surface area (Å²) >= 11 is 0. The second-order valence-corrected chi connectivity index (χ2v) is 9.89. The van der Waals surface area contributed by atoms with Crippen LogP contribution in [0.15, 0.2) is 24.4 Å². The molecule has 2 N–H and O–H groups in total. The van der Waals surface area contributed by atoms with Crippen molar-refractivity contribution >= 4 is 20.7 Å². The first-order valence-electron chi connectivity index (χ1n) is 9.51. The number of H-pyrrole nitrogens is 1. The third kappa shape index (κ3) is 4.26. The van der Waals surface area contributed by atoms with Gasteiger partial charge in [0.1, 0.15) is 9.84 Å². The van der Waals surface area contributed by atoms with Crippen molar-refractivity contribution in [3.63, 3.8) is 0 Å². The van der Waals surface area contributed by atoms with Crippen LogP contribution in [0.1, 0.15) is 50.7 Å². The minimum Gasteiger partial charge on any atom is -0.361 e. The molecule has 0 amide bonds. The number of aryl methyl sites for hydroxylation is 1. The van der Waals surface area contributed by atoms with Crippen LogP contribution in [-0.2, 0) is 22.7 Å². The van der Waals surface area contributed by atoms with Crippen molar-refractivity contribution in [1.29, 1.82) is 0 Å². The molecule has 1 aliphatic heterocycles. The van der Waals surface area contributed by atoms with E-state index in [2.05, 4.69) is 35.6 Å². The van der Waals surface area contributed by atoms with Crippen LogP contribution < -0.4 is 5.32 Å². The van der Waals surface area contributed by atoms with E-state index in [1.807, 2.05) is 6.07 Å². The molecule has 5 heteroatoms. The van der Waals surface area contributed by atoms with Gasteiger partial charge >= 0.3 is 0 Å². The number of hydrogen-bond donors (Lipinski definition) is 2. The molecule has 25 heavy (non-hydrogen) atoms. The summed E-state index contributed by atoms with van der Waals surface area (Å²) in [5, 5.41) is 4.99. The monoisotopic (exact) mass is 362 g/mol. The predicted molar refractivity (Wildman–Crippen MR) is 105 cm³/mol. The molecule has 1 aromatic heterocycles. The first kappa shape index (κ1) is 18.5. The lowest BCUT2D eigenvalue weighted by Gasteiger charge is -2.29. The highest BCUT2D eigenvalue weighted by Gasteiger charge is 2.33. The quantitative estimate of drug-likeness (QED) is 0.754. The van der Waals surface area contributed by atoms with Crippen LogP contribution in [0.25, 0.3) is 10.9 Å². The summed E-state index contributed by atoms with van der Waals surface area (Å²) < 4.78 is 23.6. The Hall–Kier alpha value is -1.33. The van der Waals surface area contributed by atoms with Crippen molar-refractivity contribution in [3.05, 3.63) is 35.5 Å². The van der Waals surface area contributed by atoms with Gasteiger partial charge in [-0.2, -0.15) is 0 Å². The number of benzene rings is 1. The van der Waals surface area contributed by atoms with Crippen LogP contribution >= 0.6 is 0 Å². The van der Waals surface area contributed by atoms with E-state index in [0.717, 1.165) is 24.0 Å². The molecule has 1 unspecified atom stereocenters. The lowest BCUT2D eigenvalue weighted by molar-refractivity contribution is 0.343. The van der Waals surface area contributed by atoms with Gasteiger partial charge in [-0.15, -0.1) is 0 Å². The van der Waals surface area contributed by atoms with Gasteiger partial charge in [-0.3, -0.25) is 0 Å². The number of fused-ring (bicyclic) bond motifs is 1. The molecule has 1 atom stereocenters. The van der Waals surface area contributed by atoms with Gasteiger partial charge in [0.15, 0.2) is 0 Å². The van der Waals surface area contributed by atoms with E-state index in [1.165, 1.54) is 36.6 Å². The minimum atomic E-state index is -2.92.